The highest BCUT2D eigenvalue weighted by molar-refractivity contribution is 5.99. The van der Waals surface area contributed by atoms with E-state index in [1.165, 1.54) is 12.4 Å². The highest BCUT2D eigenvalue weighted by Crippen LogP contribution is 2.24. The van der Waals surface area contributed by atoms with E-state index in [1.807, 2.05) is 30.9 Å². The van der Waals surface area contributed by atoms with Gasteiger partial charge < -0.3 is 30.1 Å². The van der Waals surface area contributed by atoms with Crippen LogP contribution in [0.15, 0.2) is 42.7 Å². The maximum absolute atomic E-state index is 12.6. The van der Waals surface area contributed by atoms with Crippen LogP contribution >= 0.6 is 0 Å². The second-order valence-electron chi connectivity index (χ2n) is 9.97. The highest BCUT2D eigenvalue weighted by Gasteiger charge is 2.24. The van der Waals surface area contributed by atoms with Gasteiger partial charge in [0.2, 0.25) is 17.8 Å². The van der Waals surface area contributed by atoms with E-state index in [-0.39, 0.29) is 17.9 Å². The van der Waals surface area contributed by atoms with Crippen LogP contribution < -0.4 is 20.4 Å². The number of aromatic nitrogens is 5. The molecule has 3 aromatic rings. The molecule has 13 nitrogen and oxygen atoms in total. The number of nitrogens with zero attached hydrogens (tertiary/aromatic N) is 8. The zero-order chi connectivity index (χ0) is 27.9. The first-order chi connectivity index (χ1) is 19.5. The van der Waals surface area contributed by atoms with Crippen LogP contribution in [0.3, 0.4) is 0 Å². The third kappa shape index (κ3) is 6.78. The number of nitrogens with one attached hydrogen (secondary N) is 2. The van der Waals surface area contributed by atoms with Gasteiger partial charge in [-0.2, -0.15) is 25.1 Å². The monoisotopic (exact) mass is 546 g/mol. The minimum absolute atomic E-state index is 0.0283. The van der Waals surface area contributed by atoms with Crippen LogP contribution in [0.25, 0.3) is 11.4 Å². The van der Waals surface area contributed by atoms with Crippen molar-refractivity contribution >= 4 is 35.2 Å². The van der Waals surface area contributed by atoms with Crippen molar-refractivity contribution in [1.82, 2.24) is 30.0 Å². The molecule has 0 radical (unpaired) electrons. The number of rotatable bonds is 6. The number of amides is 3. The molecule has 2 fully saturated rings. The first-order valence-corrected chi connectivity index (χ1v) is 13.5. The number of carbonyl (C=O) groups is 2. The molecule has 0 saturated carbocycles. The molecule has 5 rings (SSSR count). The van der Waals surface area contributed by atoms with E-state index < -0.39 is 0 Å². The fourth-order valence-electron chi connectivity index (χ4n) is 4.59. The van der Waals surface area contributed by atoms with Crippen molar-refractivity contribution in [3.8, 4) is 11.4 Å². The zero-order valence-corrected chi connectivity index (χ0v) is 22.8. The largest absolute Gasteiger partial charge is 0.378 e. The number of ether oxygens (including phenoxy) is 1. The van der Waals surface area contributed by atoms with Crippen molar-refractivity contribution in [3.05, 3.63) is 42.7 Å². The molecule has 3 amide bonds. The molecule has 2 N–H and O–H groups in total. The van der Waals surface area contributed by atoms with Gasteiger partial charge in [-0.3, -0.25) is 4.79 Å². The molecule has 2 aliphatic rings. The Morgan fingerprint density at radius 2 is 1.50 bits per heavy atom. The van der Waals surface area contributed by atoms with Gasteiger partial charge in [-0.05, 0) is 36.8 Å². The average molecular weight is 547 g/mol. The first-order valence-electron chi connectivity index (χ1n) is 13.5. The van der Waals surface area contributed by atoms with E-state index in [0.29, 0.717) is 68.5 Å². The van der Waals surface area contributed by atoms with Crippen LogP contribution in [-0.2, 0) is 9.53 Å². The number of hydrogen-bond donors (Lipinski definition) is 2. The number of morpholine rings is 1. The van der Waals surface area contributed by atoms with E-state index in [9.17, 15) is 9.59 Å². The number of urea groups is 1. The Hall–Kier alpha value is -4.39. The molecular formula is C27H34N10O3. The normalized spacial score (nSPS) is 16.0. The molecule has 0 aliphatic carbocycles. The van der Waals surface area contributed by atoms with Crippen molar-refractivity contribution in [1.29, 1.82) is 0 Å². The van der Waals surface area contributed by atoms with Gasteiger partial charge in [0.05, 0.1) is 31.3 Å². The molecule has 1 aromatic carbocycles. The highest BCUT2D eigenvalue weighted by atomic mass is 16.5. The molecule has 0 spiro atoms. The van der Waals surface area contributed by atoms with Gasteiger partial charge in [-0.15, -0.1) is 0 Å². The van der Waals surface area contributed by atoms with Crippen molar-refractivity contribution in [2.45, 2.75) is 20.3 Å². The lowest BCUT2D eigenvalue weighted by molar-refractivity contribution is -0.134. The number of anilines is 4. The Morgan fingerprint density at radius 3 is 2.17 bits per heavy atom. The number of carbonyl (C=O) groups excluding carboxylic acids is 2. The molecule has 0 atom stereocenters. The smallest absolute Gasteiger partial charge is 0.323 e. The Bertz CT molecular complexity index is 1300. The molecule has 2 saturated heterocycles. The van der Waals surface area contributed by atoms with Crippen molar-refractivity contribution in [3.63, 3.8) is 0 Å². The Morgan fingerprint density at radius 1 is 0.800 bits per heavy atom. The van der Waals surface area contributed by atoms with E-state index >= 15 is 0 Å². The maximum atomic E-state index is 12.6. The van der Waals surface area contributed by atoms with Crippen LogP contribution in [0.1, 0.15) is 20.3 Å². The van der Waals surface area contributed by atoms with Gasteiger partial charge in [0.15, 0.2) is 5.82 Å². The third-order valence-corrected chi connectivity index (χ3v) is 6.73. The standard InChI is InChI=1S/C27H34N10O3/c1-19(2)24(38)35-10-3-11-36(13-12-35)25-32-23(33-26(34-25)37-14-16-40-17-15-37)20-4-6-21(7-5-20)30-27(39)31-22-8-9-28-29-18-22/h4-9,18-19H,3,10-17H2,1-2H3,(H2,28,30,31,39). The number of benzene rings is 1. The lowest BCUT2D eigenvalue weighted by Crippen LogP contribution is -2.39. The van der Waals surface area contributed by atoms with Crippen LogP contribution in [0, 0.1) is 5.92 Å². The molecule has 210 valence electrons. The fourth-order valence-corrected chi connectivity index (χ4v) is 4.59. The summed E-state index contributed by atoms with van der Waals surface area (Å²) >= 11 is 0. The predicted octanol–water partition coefficient (Wildman–Crippen LogP) is 2.50. The Kier molecular flexibility index (Phi) is 8.59. The van der Waals surface area contributed by atoms with Crippen molar-refractivity contribution in [2.75, 3.05) is 72.9 Å². The average Bonchev–Trinajstić information content (AvgIpc) is 3.24. The first kappa shape index (κ1) is 27.2. The second-order valence-corrected chi connectivity index (χ2v) is 9.97. The van der Waals surface area contributed by atoms with Crippen LogP contribution in [0.4, 0.5) is 28.1 Å². The summed E-state index contributed by atoms with van der Waals surface area (Å²) in [6.07, 6.45) is 3.81. The predicted molar refractivity (Wildman–Crippen MR) is 151 cm³/mol. The lowest BCUT2D eigenvalue weighted by atomic mass is 10.2. The van der Waals surface area contributed by atoms with Gasteiger partial charge in [0, 0.05) is 56.4 Å². The van der Waals surface area contributed by atoms with Crippen LogP contribution in [0.2, 0.25) is 0 Å². The third-order valence-electron chi connectivity index (χ3n) is 6.73. The van der Waals surface area contributed by atoms with E-state index in [4.69, 9.17) is 19.7 Å². The van der Waals surface area contributed by atoms with Gasteiger partial charge in [-0.1, -0.05) is 13.8 Å². The molecule has 4 heterocycles. The summed E-state index contributed by atoms with van der Waals surface area (Å²) in [5.74, 6) is 1.89. The topological polar surface area (TPSA) is 142 Å². The quantitative estimate of drug-likeness (QED) is 0.474. The molecule has 40 heavy (non-hydrogen) atoms. The second kappa shape index (κ2) is 12.6. The van der Waals surface area contributed by atoms with Gasteiger partial charge >= 0.3 is 6.03 Å². The molecule has 0 bridgehead atoms. The fraction of sp³-hybridized carbons (Fsp3) is 0.444. The molecule has 2 aromatic heterocycles. The van der Waals surface area contributed by atoms with E-state index in [1.54, 1.807) is 18.2 Å². The lowest BCUT2D eigenvalue weighted by Gasteiger charge is -2.28. The van der Waals surface area contributed by atoms with E-state index in [0.717, 1.165) is 25.1 Å². The Balaban J connectivity index is 1.35. The van der Waals surface area contributed by atoms with E-state index in [2.05, 4.69) is 30.6 Å². The minimum atomic E-state index is -0.385. The van der Waals surface area contributed by atoms with Gasteiger partial charge in [0.25, 0.3) is 0 Å². The summed E-state index contributed by atoms with van der Waals surface area (Å²) in [7, 11) is 0. The number of hydrogen-bond acceptors (Lipinski definition) is 10. The zero-order valence-electron chi connectivity index (χ0n) is 22.8. The van der Waals surface area contributed by atoms with Crippen LogP contribution in [-0.4, -0.2) is 94.5 Å². The minimum Gasteiger partial charge on any atom is -0.378 e. The molecular weight excluding hydrogens is 512 g/mol. The summed E-state index contributed by atoms with van der Waals surface area (Å²) in [4.78, 5) is 45.6. The maximum Gasteiger partial charge on any atom is 0.323 e. The summed E-state index contributed by atoms with van der Waals surface area (Å²) in [5, 5.41) is 13.0. The van der Waals surface area contributed by atoms with Crippen LogP contribution in [0.5, 0.6) is 0 Å². The van der Waals surface area contributed by atoms with Crippen molar-refractivity contribution < 1.29 is 14.3 Å². The summed E-state index contributed by atoms with van der Waals surface area (Å²) in [6, 6.07) is 8.63. The molecule has 13 heteroatoms. The summed E-state index contributed by atoms with van der Waals surface area (Å²) < 4.78 is 5.53. The molecule has 0 unspecified atom stereocenters. The summed E-state index contributed by atoms with van der Waals surface area (Å²) in [5.41, 5.74) is 1.96. The summed E-state index contributed by atoms with van der Waals surface area (Å²) in [6.45, 7) is 9.25. The van der Waals surface area contributed by atoms with Gasteiger partial charge in [0.1, 0.15) is 0 Å². The SMILES string of the molecule is CC(C)C(=O)N1CCCN(c2nc(-c3ccc(NC(=O)Nc4ccnnc4)cc3)nc(N3CCOCC3)n2)CC1. The molecule has 2 aliphatic heterocycles. The Labute approximate surface area is 233 Å². The van der Waals surface area contributed by atoms with Crippen molar-refractivity contribution in [2.24, 2.45) is 5.92 Å². The van der Waals surface area contributed by atoms with Gasteiger partial charge in [-0.25, -0.2) is 4.79 Å².